The zero-order valence-electron chi connectivity index (χ0n) is 11.1. The Morgan fingerprint density at radius 3 is 2.18 bits per heavy atom. The SMILES string of the molecule is CC(C)C(C)(O)COc1ccc([C@@H](C)N)cc1. The van der Waals surface area contributed by atoms with Gasteiger partial charge in [-0.25, -0.2) is 0 Å². The Balaban J connectivity index is 2.59. The van der Waals surface area contributed by atoms with Crippen LogP contribution < -0.4 is 10.5 Å². The van der Waals surface area contributed by atoms with E-state index in [9.17, 15) is 5.11 Å². The van der Waals surface area contributed by atoms with E-state index in [-0.39, 0.29) is 12.0 Å². The van der Waals surface area contributed by atoms with Crippen molar-refractivity contribution in [2.45, 2.75) is 39.3 Å². The summed E-state index contributed by atoms with van der Waals surface area (Å²) in [4.78, 5) is 0. The van der Waals surface area contributed by atoms with Gasteiger partial charge < -0.3 is 15.6 Å². The summed E-state index contributed by atoms with van der Waals surface area (Å²) in [7, 11) is 0. The van der Waals surface area contributed by atoms with Crippen LogP contribution in [0.4, 0.5) is 0 Å². The van der Waals surface area contributed by atoms with Gasteiger partial charge in [-0.2, -0.15) is 0 Å². The molecule has 0 aromatic heterocycles. The Kier molecular flexibility index (Phi) is 4.54. The Hall–Kier alpha value is -1.06. The fourth-order valence-electron chi connectivity index (χ4n) is 1.26. The van der Waals surface area contributed by atoms with E-state index in [0.29, 0.717) is 6.61 Å². The van der Waals surface area contributed by atoms with Crippen LogP contribution >= 0.6 is 0 Å². The molecular formula is C14H23NO2. The summed E-state index contributed by atoms with van der Waals surface area (Å²) in [6, 6.07) is 7.70. The minimum absolute atomic E-state index is 0.0304. The fourth-order valence-corrected chi connectivity index (χ4v) is 1.26. The van der Waals surface area contributed by atoms with E-state index in [4.69, 9.17) is 10.5 Å². The molecule has 1 aromatic carbocycles. The van der Waals surface area contributed by atoms with Gasteiger partial charge in [0.25, 0.3) is 0 Å². The van der Waals surface area contributed by atoms with Gasteiger partial charge in [0.2, 0.25) is 0 Å². The van der Waals surface area contributed by atoms with E-state index >= 15 is 0 Å². The molecule has 3 nitrogen and oxygen atoms in total. The molecule has 1 rings (SSSR count). The highest BCUT2D eigenvalue weighted by atomic mass is 16.5. The molecule has 0 aliphatic carbocycles. The van der Waals surface area contributed by atoms with Gasteiger partial charge in [-0.3, -0.25) is 0 Å². The topological polar surface area (TPSA) is 55.5 Å². The highest BCUT2D eigenvalue weighted by Crippen LogP contribution is 2.20. The predicted molar refractivity (Wildman–Crippen MR) is 70.0 cm³/mol. The number of nitrogens with two attached hydrogens (primary N) is 1. The second-order valence-electron chi connectivity index (χ2n) is 5.16. The van der Waals surface area contributed by atoms with Crippen LogP contribution in [0.15, 0.2) is 24.3 Å². The van der Waals surface area contributed by atoms with Gasteiger partial charge in [0.05, 0.1) is 5.60 Å². The van der Waals surface area contributed by atoms with Crippen LogP contribution in [0.5, 0.6) is 5.75 Å². The predicted octanol–water partition coefficient (Wildman–Crippen LogP) is 2.49. The average molecular weight is 237 g/mol. The van der Waals surface area contributed by atoms with Crippen LogP contribution in [-0.2, 0) is 0 Å². The standard InChI is InChI=1S/C14H23NO2/c1-10(2)14(4,16)9-17-13-7-5-12(6-8-13)11(3)15/h5-8,10-11,16H,9,15H2,1-4H3/t11-,14?/m1/s1. The minimum atomic E-state index is -0.806. The molecule has 0 saturated carbocycles. The first-order chi connectivity index (χ1) is 7.83. The third-order valence-corrected chi connectivity index (χ3v) is 3.18. The molecule has 0 aliphatic rings. The first-order valence-electron chi connectivity index (χ1n) is 6.03. The maximum absolute atomic E-state index is 10.1. The molecule has 0 heterocycles. The summed E-state index contributed by atoms with van der Waals surface area (Å²) in [5, 5.41) is 10.1. The lowest BCUT2D eigenvalue weighted by atomic mass is 9.94. The van der Waals surface area contributed by atoms with Crippen molar-refractivity contribution in [2.24, 2.45) is 11.7 Å². The number of ether oxygens (including phenoxy) is 1. The zero-order valence-corrected chi connectivity index (χ0v) is 11.1. The molecule has 2 atom stereocenters. The van der Waals surface area contributed by atoms with Gasteiger partial charge in [-0.15, -0.1) is 0 Å². The van der Waals surface area contributed by atoms with Crippen LogP contribution in [0, 0.1) is 5.92 Å². The third-order valence-electron chi connectivity index (χ3n) is 3.18. The third kappa shape index (κ3) is 4.02. The second kappa shape index (κ2) is 5.52. The monoisotopic (exact) mass is 237 g/mol. The van der Waals surface area contributed by atoms with E-state index in [2.05, 4.69) is 0 Å². The Labute approximate surface area is 104 Å². The highest BCUT2D eigenvalue weighted by Gasteiger charge is 2.25. The Bertz CT molecular complexity index is 342. The maximum atomic E-state index is 10.1. The van der Waals surface area contributed by atoms with Gasteiger partial charge in [0, 0.05) is 6.04 Å². The summed E-state index contributed by atoms with van der Waals surface area (Å²) in [6.07, 6.45) is 0. The molecular weight excluding hydrogens is 214 g/mol. The van der Waals surface area contributed by atoms with Crippen molar-refractivity contribution >= 4 is 0 Å². The number of hydrogen-bond acceptors (Lipinski definition) is 3. The average Bonchev–Trinajstić information content (AvgIpc) is 2.27. The molecule has 0 spiro atoms. The van der Waals surface area contributed by atoms with Crippen molar-refractivity contribution in [3.05, 3.63) is 29.8 Å². The van der Waals surface area contributed by atoms with E-state index in [1.165, 1.54) is 0 Å². The summed E-state index contributed by atoms with van der Waals surface area (Å²) in [5.74, 6) is 0.918. The molecule has 1 aromatic rings. The summed E-state index contributed by atoms with van der Waals surface area (Å²) >= 11 is 0. The quantitative estimate of drug-likeness (QED) is 0.827. The van der Waals surface area contributed by atoms with Crippen LogP contribution in [-0.4, -0.2) is 17.3 Å². The second-order valence-corrected chi connectivity index (χ2v) is 5.16. The largest absolute Gasteiger partial charge is 0.491 e. The Morgan fingerprint density at radius 2 is 1.76 bits per heavy atom. The molecule has 0 fully saturated rings. The molecule has 0 amide bonds. The van der Waals surface area contributed by atoms with Crippen LogP contribution in [0.25, 0.3) is 0 Å². The summed E-state index contributed by atoms with van der Waals surface area (Å²) in [5.41, 5.74) is 6.04. The van der Waals surface area contributed by atoms with Gasteiger partial charge in [0.15, 0.2) is 0 Å². The van der Waals surface area contributed by atoms with E-state index in [0.717, 1.165) is 11.3 Å². The zero-order chi connectivity index (χ0) is 13.1. The Morgan fingerprint density at radius 1 is 1.24 bits per heavy atom. The van der Waals surface area contributed by atoms with Gasteiger partial charge in [-0.1, -0.05) is 26.0 Å². The minimum Gasteiger partial charge on any atom is -0.491 e. The molecule has 0 radical (unpaired) electrons. The molecule has 1 unspecified atom stereocenters. The fraction of sp³-hybridized carbons (Fsp3) is 0.571. The highest BCUT2D eigenvalue weighted by molar-refractivity contribution is 5.28. The lowest BCUT2D eigenvalue weighted by molar-refractivity contribution is -0.0266. The molecule has 96 valence electrons. The smallest absolute Gasteiger partial charge is 0.119 e. The van der Waals surface area contributed by atoms with Gasteiger partial charge >= 0.3 is 0 Å². The van der Waals surface area contributed by atoms with E-state index in [1.807, 2.05) is 45.0 Å². The van der Waals surface area contributed by atoms with E-state index in [1.54, 1.807) is 6.92 Å². The number of hydrogen-bond donors (Lipinski definition) is 2. The molecule has 0 bridgehead atoms. The first kappa shape index (κ1) is 14.0. The van der Waals surface area contributed by atoms with Crippen molar-refractivity contribution in [3.63, 3.8) is 0 Å². The van der Waals surface area contributed by atoms with Crippen LogP contribution in [0.1, 0.15) is 39.3 Å². The van der Waals surface area contributed by atoms with Crippen molar-refractivity contribution in [3.8, 4) is 5.75 Å². The molecule has 17 heavy (non-hydrogen) atoms. The van der Waals surface area contributed by atoms with Gasteiger partial charge in [-0.05, 0) is 37.5 Å². The number of benzene rings is 1. The number of rotatable bonds is 5. The maximum Gasteiger partial charge on any atom is 0.119 e. The molecule has 3 heteroatoms. The van der Waals surface area contributed by atoms with E-state index < -0.39 is 5.60 Å². The van der Waals surface area contributed by atoms with Crippen LogP contribution in [0.3, 0.4) is 0 Å². The molecule has 0 aliphatic heterocycles. The number of aliphatic hydroxyl groups is 1. The lowest BCUT2D eigenvalue weighted by Crippen LogP contribution is -2.37. The summed E-state index contributed by atoms with van der Waals surface area (Å²) < 4.78 is 5.58. The van der Waals surface area contributed by atoms with Crippen molar-refractivity contribution in [1.82, 2.24) is 0 Å². The van der Waals surface area contributed by atoms with Crippen LogP contribution in [0.2, 0.25) is 0 Å². The molecule has 0 saturated heterocycles. The van der Waals surface area contributed by atoms with Crippen molar-refractivity contribution < 1.29 is 9.84 Å². The lowest BCUT2D eigenvalue weighted by Gasteiger charge is -2.27. The van der Waals surface area contributed by atoms with Crippen molar-refractivity contribution in [2.75, 3.05) is 6.61 Å². The summed E-state index contributed by atoms with van der Waals surface area (Å²) in [6.45, 7) is 7.97. The van der Waals surface area contributed by atoms with Crippen molar-refractivity contribution in [1.29, 1.82) is 0 Å². The first-order valence-corrected chi connectivity index (χ1v) is 6.03. The molecule has 3 N–H and O–H groups in total. The van der Waals surface area contributed by atoms with Gasteiger partial charge in [0.1, 0.15) is 12.4 Å². The normalized spacial score (nSPS) is 16.6.